The second-order valence-electron chi connectivity index (χ2n) is 2.03. The summed E-state index contributed by atoms with van der Waals surface area (Å²) in [4.78, 5) is 13.9. The number of carboxylic acid groups (broad SMARTS) is 1. The van der Waals surface area contributed by atoms with Gasteiger partial charge in [-0.25, -0.2) is 9.78 Å². The third-order valence-electron chi connectivity index (χ3n) is 1.26. The third-order valence-corrected chi connectivity index (χ3v) is 1.36. The predicted octanol–water partition coefficient (Wildman–Crippen LogP) is 0.821. The maximum absolute atomic E-state index is 10.5. The Morgan fingerprint density at radius 3 is 2.92 bits per heavy atom. The number of ether oxygens (including phenoxy) is 1. The van der Waals surface area contributed by atoms with Gasteiger partial charge in [-0.3, -0.25) is 0 Å². The van der Waals surface area contributed by atoms with E-state index in [1.165, 1.54) is 12.3 Å². The second-order valence-corrected chi connectivity index (χ2v) is 2.22. The molecule has 5 nitrogen and oxygen atoms in total. The van der Waals surface area contributed by atoms with Gasteiger partial charge in [0.2, 0.25) is 0 Å². The molecule has 0 atom stereocenters. The minimum atomic E-state index is -1.33. The highest BCUT2D eigenvalue weighted by Crippen LogP contribution is 2.27. The van der Waals surface area contributed by atoms with Crippen LogP contribution in [-0.4, -0.2) is 26.7 Å². The summed E-state index contributed by atoms with van der Waals surface area (Å²) in [5, 5.41) is 17.8. The van der Waals surface area contributed by atoms with Crippen LogP contribution < -0.4 is 4.74 Å². The summed E-state index contributed by atoms with van der Waals surface area (Å²) in [5.41, 5.74) is 0.454. The first-order valence-corrected chi connectivity index (χ1v) is 3.65. The fourth-order valence-electron chi connectivity index (χ4n) is 0.740. The standard InChI is InChI=1S/C7H5NO4S/c9-6-4(12-3-13)1-2-8-5(6)7(10)11/h1-3,9H,(H,10,11). The first-order valence-electron chi connectivity index (χ1n) is 3.18. The number of aromatic nitrogens is 1. The van der Waals surface area contributed by atoms with E-state index in [1.54, 1.807) is 0 Å². The maximum atomic E-state index is 10.5. The van der Waals surface area contributed by atoms with Gasteiger partial charge in [0, 0.05) is 12.3 Å². The Hall–Kier alpha value is -1.69. The molecule has 0 unspecified atom stereocenters. The number of rotatable bonds is 3. The van der Waals surface area contributed by atoms with Gasteiger partial charge in [-0.2, -0.15) is 0 Å². The molecule has 1 aromatic heterocycles. The molecule has 6 heteroatoms. The van der Waals surface area contributed by atoms with Crippen LogP contribution in [0.15, 0.2) is 12.3 Å². The monoisotopic (exact) mass is 199 g/mol. The quantitative estimate of drug-likeness (QED) is 0.701. The first-order chi connectivity index (χ1) is 6.16. The van der Waals surface area contributed by atoms with E-state index in [2.05, 4.69) is 21.9 Å². The van der Waals surface area contributed by atoms with Gasteiger partial charge in [0.15, 0.2) is 22.7 Å². The number of pyridine rings is 1. The van der Waals surface area contributed by atoms with E-state index in [4.69, 9.17) is 5.11 Å². The average molecular weight is 199 g/mol. The van der Waals surface area contributed by atoms with Gasteiger partial charge in [-0.15, -0.1) is 0 Å². The SMILES string of the molecule is O=C(O)c1nccc(OC=S)c1O. The molecule has 0 saturated heterocycles. The molecule has 0 aromatic carbocycles. The molecule has 1 rings (SSSR count). The Balaban J connectivity index is 3.17. The lowest BCUT2D eigenvalue weighted by molar-refractivity contribution is 0.0686. The molecule has 0 bridgehead atoms. The van der Waals surface area contributed by atoms with Crippen molar-refractivity contribution in [3.8, 4) is 11.5 Å². The largest absolute Gasteiger partial charge is 0.503 e. The van der Waals surface area contributed by atoms with Crippen LogP contribution in [0, 0.1) is 0 Å². The molecule has 0 aliphatic carbocycles. The first kappa shape index (κ1) is 9.40. The van der Waals surface area contributed by atoms with Crippen molar-refractivity contribution in [3.05, 3.63) is 18.0 Å². The molecule has 0 aliphatic heterocycles. The van der Waals surface area contributed by atoms with Gasteiger partial charge in [-0.05, 0) is 12.2 Å². The van der Waals surface area contributed by atoms with E-state index in [0.717, 1.165) is 5.55 Å². The van der Waals surface area contributed by atoms with E-state index in [0.29, 0.717) is 0 Å². The molecule has 2 N–H and O–H groups in total. The Kier molecular flexibility index (Phi) is 2.76. The van der Waals surface area contributed by atoms with Crippen LogP contribution in [0.1, 0.15) is 10.5 Å². The summed E-state index contributed by atoms with van der Waals surface area (Å²) in [6.45, 7) is 0. The number of hydrogen-bond acceptors (Lipinski definition) is 5. The minimum Gasteiger partial charge on any atom is -0.503 e. The zero-order chi connectivity index (χ0) is 9.84. The summed E-state index contributed by atoms with van der Waals surface area (Å²) in [5.74, 6) is -1.88. The Labute approximate surface area is 78.6 Å². The van der Waals surface area contributed by atoms with Crippen LogP contribution in [0.25, 0.3) is 0 Å². The lowest BCUT2D eigenvalue weighted by Crippen LogP contribution is -2.01. The van der Waals surface area contributed by atoms with Crippen molar-refractivity contribution >= 4 is 23.7 Å². The molecule has 0 fully saturated rings. The predicted molar refractivity (Wildman–Crippen MR) is 47.1 cm³/mol. The van der Waals surface area contributed by atoms with Crippen LogP contribution in [0.5, 0.6) is 11.5 Å². The molecule has 1 aromatic rings. The summed E-state index contributed by atoms with van der Waals surface area (Å²) in [7, 11) is 0. The number of thiocarbonyl (C=S) groups is 1. The number of nitrogens with zero attached hydrogens (tertiary/aromatic N) is 1. The molecule has 0 saturated carbocycles. The van der Waals surface area contributed by atoms with Crippen molar-refractivity contribution in [2.24, 2.45) is 0 Å². The molecular weight excluding hydrogens is 194 g/mol. The Morgan fingerprint density at radius 2 is 2.38 bits per heavy atom. The van der Waals surface area contributed by atoms with Crippen molar-refractivity contribution in [3.63, 3.8) is 0 Å². The van der Waals surface area contributed by atoms with E-state index in [9.17, 15) is 9.90 Å². The highest BCUT2D eigenvalue weighted by molar-refractivity contribution is 7.78. The van der Waals surface area contributed by atoms with Crippen molar-refractivity contribution in [1.82, 2.24) is 4.98 Å². The van der Waals surface area contributed by atoms with Gasteiger partial charge in [0.05, 0.1) is 0 Å². The normalized spacial score (nSPS) is 9.23. The highest BCUT2D eigenvalue weighted by atomic mass is 32.1. The van der Waals surface area contributed by atoms with Gasteiger partial charge >= 0.3 is 5.97 Å². The van der Waals surface area contributed by atoms with Crippen molar-refractivity contribution in [1.29, 1.82) is 0 Å². The van der Waals surface area contributed by atoms with Crippen LogP contribution in [0.2, 0.25) is 0 Å². The number of aromatic hydroxyl groups is 1. The van der Waals surface area contributed by atoms with Crippen LogP contribution in [0.3, 0.4) is 0 Å². The molecule has 0 radical (unpaired) electrons. The van der Waals surface area contributed by atoms with E-state index in [1.807, 2.05) is 0 Å². The zero-order valence-corrected chi connectivity index (χ0v) is 7.11. The van der Waals surface area contributed by atoms with Crippen molar-refractivity contribution in [2.75, 3.05) is 0 Å². The fourth-order valence-corrected chi connectivity index (χ4v) is 0.843. The van der Waals surface area contributed by atoms with E-state index in [-0.39, 0.29) is 5.75 Å². The number of carbonyl (C=O) groups is 1. The van der Waals surface area contributed by atoms with Crippen molar-refractivity contribution in [2.45, 2.75) is 0 Å². The van der Waals surface area contributed by atoms with E-state index >= 15 is 0 Å². The Morgan fingerprint density at radius 1 is 1.69 bits per heavy atom. The lowest BCUT2D eigenvalue weighted by atomic mass is 10.3. The maximum Gasteiger partial charge on any atom is 0.358 e. The second kappa shape index (κ2) is 3.81. The molecule has 0 amide bonds. The highest BCUT2D eigenvalue weighted by Gasteiger charge is 2.15. The third kappa shape index (κ3) is 1.91. The van der Waals surface area contributed by atoms with Gasteiger partial charge < -0.3 is 14.9 Å². The topological polar surface area (TPSA) is 79.7 Å². The smallest absolute Gasteiger partial charge is 0.358 e. The van der Waals surface area contributed by atoms with E-state index < -0.39 is 17.4 Å². The van der Waals surface area contributed by atoms with Gasteiger partial charge in [0.25, 0.3) is 0 Å². The molecule has 1 heterocycles. The fraction of sp³-hybridized carbons (Fsp3) is 0. The van der Waals surface area contributed by atoms with Gasteiger partial charge in [-0.1, -0.05) is 0 Å². The lowest BCUT2D eigenvalue weighted by Gasteiger charge is -2.03. The Bertz CT molecular complexity index is 352. The van der Waals surface area contributed by atoms with Crippen LogP contribution in [-0.2, 0) is 0 Å². The minimum absolute atomic E-state index is 0.0256. The summed E-state index contributed by atoms with van der Waals surface area (Å²) < 4.78 is 4.66. The molecule has 0 spiro atoms. The number of carboxylic acids is 1. The van der Waals surface area contributed by atoms with Crippen LogP contribution >= 0.6 is 12.2 Å². The summed E-state index contributed by atoms with van der Waals surface area (Å²) in [6.07, 6.45) is 1.21. The summed E-state index contributed by atoms with van der Waals surface area (Å²) in [6, 6.07) is 1.31. The van der Waals surface area contributed by atoms with Gasteiger partial charge in [0.1, 0.15) is 0 Å². The number of hydrogen-bond donors (Lipinski definition) is 2. The summed E-state index contributed by atoms with van der Waals surface area (Å²) >= 11 is 4.38. The average Bonchev–Trinajstić information content (AvgIpc) is 2.08. The van der Waals surface area contributed by atoms with Crippen LogP contribution in [0.4, 0.5) is 0 Å². The molecular formula is C7H5NO4S. The zero-order valence-electron chi connectivity index (χ0n) is 6.30. The van der Waals surface area contributed by atoms with Crippen molar-refractivity contribution < 1.29 is 19.7 Å². The number of aromatic carboxylic acids is 1. The molecule has 0 aliphatic rings. The molecule has 68 valence electrons. The molecule has 13 heavy (non-hydrogen) atoms.